The van der Waals surface area contributed by atoms with E-state index in [1.54, 1.807) is 11.8 Å². The Balaban J connectivity index is 1.51. The Morgan fingerprint density at radius 1 is 1.10 bits per heavy atom. The van der Waals surface area contributed by atoms with Gasteiger partial charge in [0.15, 0.2) is 5.78 Å². The molecule has 2 aliphatic rings. The minimum Gasteiger partial charge on any atom is -0.378 e. The monoisotopic (exact) mass is 431 g/mol. The number of benzene rings is 2. The number of carbonyl (C=O) groups is 1. The van der Waals surface area contributed by atoms with Crippen LogP contribution < -0.4 is 10.2 Å². The van der Waals surface area contributed by atoms with Gasteiger partial charge in [-0.3, -0.25) is 4.79 Å². The van der Waals surface area contributed by atoms with Crippen molar-refractivity contribution in [3.05, 3.63) is 77.0 Å². The van der Waals surface area contributed by atoms with Gasteiger partial charge in [0.1, 0.15) is 6.04 Å². The molecule has 1 N–H and O–H groups in total. The van der Waals surface area contributed by atoms with E-state index in [2.05, 4.69) is 46.6 Å². The van der Waals surface area contributed by atoms with Gasteiger partial charge in [-0.15, -0.1) is 5.10 Å². The molecule has 0 saturated heterocycles. The number of rotatable bonds is 5. The van der Waals surface area contributed by atoms with Crippen molar-refractivity contribution in [3.8, 4) is 0 Å². The molecule has 1 aromatic heterocycles. The Morgan fingerprint density at radius 3 is 2.61 bits per heavy atom. The molecule has 2 aromatic carbocycles. The number of Topliss-reactive ketones (excluding diaryl/α,β-unsaturated/α-hetero) is 1. The maximum Gasteiger partial charge on any atom is 0.227 e. The second kappa shape index (κ2) is 8.23. The van der Waals surface area contributed by atoms with E-state index < -0.39 is 0 Å². The van der Waals surface area contributed by atoms with Crippen molar-refractivity contribution in [1.82, 2.24) is 14.8 Å². The normalized spacial score (nSPS) is 17.7. The van der Waals surface area contributed by atoms with Gasteiger partial charge in [-0.05, 0) is 36.1 Å². The quantitative estimate of drug-likeness (QED) is 0.593. The molecule has 1 aliphatic carbocycles. The van der Waals surface area contributed by atoms with Crippen LogP contribution >= 0.6 is 11.8 Å². The fraction of sp³-hybridized carbons (Fsp3) is 0.292. The summed E-state index contributed by atoms with van der Waals surface area (Å²) in [4.78, 5) is 19.8. The molecule has 2 heterocycles. The summed E-state index contributed by atoms with van der Waals surface area (Å²) in [6.45, 7) is 0. The largest absolute Gasteiger partial charge is 0.378 e. The predicted octanol–water partition coefficient (Wildman–Crippen LogP) is 4.66. The first-order chi connectivity index (χ1) is 15.1. The molecular formula is C24H25N5OS. The van der Waals surface area contributed by atoms with Crippen LogP contribution in [0.15, 0.2) is 71.0 Å². The molecule has 3 aromatic rings. The lowest BCUT2D eigenvalue weighted by Crippen LogP contribution is -2.31. The second-order valence-corrected chi connectivity index (χ2v) is 9.06. The van der Waals surface area contributed by atoms with Crippen molar-refractivity contribution in [1.29, 1.82) is 0 Å². The fourth-order valence-corrected chi connectivity index (χ4v) is 4.97. The van der Waals surface area contributed by atoms with Crippen LogP contribution in [0.2, 0.25) is 0 Å². The smallest absolute Gasteiger partial charge is 0.227 e. The third-order valence-electron chi connectivity index (χ3n) is 5.78. The molecule has 0 spiro atoms. The van der Waals surface area contributed by atoms with Gasteiger partial charge in [0.25, 0.3) is 0 Å². The Hall–Kier alpha value is -3.06. The number of thioether (sulfide) groups is 1. The number of carbonyl (C=O) groups excluding carboxylic acids is 1. The number of anilines is 2. The van der Waals surface area contributed by atoms with Crippen LogP contribution in [0.3, 0.4) is 0 Å². The standard InChI is InChI=1S/C24H25N5OS/c1-28(2)18-13-11-17(12-14-18)22-21-19(9-6-10-20(21)30)25-23-26-24(27-29(22)23)31-15-16-7-4-3-5-8-16/h3-5,7-8,11-14,22H,6,9-10,15H2,1-2H3,(H,25,26,27). The summed E-state index contributed by atoms with van der Waals surface area (Å²) in [5.41, 5.74) is 5.25. The highest BCUT2D eigenvalue weighted by atomic mass is 32.2. The van der Waals surface area contributed by atoms with Crippen LogP contribution in [0.25, 0.3) is 0 Å². The molecular weight excluding hydrogens is 406 g/mol. The molecule has 31 heavy (non-hydrogen) atoms. The summed E-state index contributed by atoms with van der Waals surface area (Å²) in [5.74, 6) is 1.72. The van der Waals surface area contributed by atoms with Gasteiger partial charge in [0.05, 0.1) is 0 Å². The zero-order chi connectivity index (χ0) is 21.4. The van der Waals surface area contributed by atoms with Crippen molar-refractivity contribution in [2.45, 2.75) is 36.2 Å². The molecule has 0 amide bonds. The third kappa shape index (κ3) is 3.85. The summed E-state index contributed by atoms with van der Waals surface area (Å²) in [6.07, 6.45) is 2.33. The van der Waals surface area contributed by atoms with Gasteiger partial charge in [-0.1, -0.05) is 54.2 Å². The highest BCUT2D eigenvalue weighted by molar-refractivity contribution is 7.98. The zero-order valence-electron chi connectivity index (χ0n) is 17.7. The van der Waals surface area contributed by atoms with Crippen LogP contribution in [0, 0.1) is 0 Å². The van der Waals surface area contributed by atoms with Gasteiger partial charge < -0.3 is 10.2 Å². The molecule has 5 rings (SSSR count). The Labute approximate surface area is 186 Å². The van der Waals surface area contributed by atoms with Gasteiger partial charge in [-0.2, -0.15) is 4.98 Å². The predicted molar refractivity (Wildman–Crippen MR) is 124 cm³/mol. The first-order valence-corrected chi connectivity index (χ1v) is 11.5. The number of allylic oxidation sites excluding steroid dienone is 2. The lowest BCUT2D eigenvalue weighted by Gasteiger charge is -2.32. The van der Waals surface area contributed by atoms with Crippen LogP contribution in [0.4, 0.5) is 11.6 Å². The summed E-state index contributed by atoms with van der Waals surface area (Å²) in [7, 11) is 4.05. The van der Waals surface area contributed by atoms with Crippen molar-refractivity contribution >= 4 is 29.2 Å². The van der Waals surface area contributed by atoms with Gasteiger partial charge in [0, 0.05) is 43.2 Å². The zero-order valence-corrected chi connectivity index (χ0v) is 18.5. The molecule has 158 valence electrons. The van der Waals surface area contributed by atoms with Gasteiger partial charge in [-0.25, -0.2) is 4.68 Å². The molecule has 0 radical (unpaired) electrons. The minimum absolute atomic E-state index is 0.204. The van der Waals surface area contributed by atoms with E-state index in [0.29, 0.717) is 17.5 Å². The lowest BCUT2D eigenvalue weighted by atomic mass is 9.85. The van der Waals surface area contributed by atoms with Crippen LogP contribution in [0.1, 0.15) is 36.4 Å². The van der Waals surface area contributed by atoms with Crippen LogP contribution in [0.5, 0.6) is 0 Å². The highest BCUT2D eigenvalue weighted by Gasteiger charge is 2.36. The second-order valence-electron chi connectivity index (χ2n) is 8.12. The topological polar surface area (TPSA) is 63.1 Å². The SMILES string of the molecule is CN(C)c1ccc(C2C3=C(CCCC3=O)Nc3nc(SCc4ccccc4)nn32)cc1. The van der Waals surface area contributed by atoms with Crippen LogP contribution in [-0.4, -0.2) is 34.6 Å². The number of fused-ring (bicyclic) bond motifs is 1. The van der Waals surface area contributed by atoms with Crippen molar-refractivity contribution in [2.75, 3.05) is 24.3 Å². The summed E-state index contributed by atoms with van der Waals surface area (Å²) in [5, 5.41) is 8.94. The fourth-order valence-electron chi connectivity index (χ4n) is 4.18. The summed E-state index contributed by atoms with van der Waals surface area (Å²) >= 11 is 1.61. The van der Waals surface area contributed by atoms with E-state index >= 15 is 0 Å². The number of nitrogens with one attached hydrogen (secondary N) is 1. The lowest BCUT2D eigenvalue weighted by molar-refractivity contribution is -0.116. The first-order valence-electron chi connectivity index (χ1n) is 10.5. The van der Waals surface area contributed by atoms with Gasteiger partial charge >= 0.3 is 0 Å². The molecule has 0 saturated carbocycles. The van der Waals surface area contributed by atoms with E-state index in [4.69, 9.17) is 10.1 Å². The number of ketones is 1. The van der Waals surface area contributed by atoms with E-state index in [9.17, 15) is 4.79 Å². The number of aromatic nitrogens is 3. The number of hydrogen-bond donors (Lipinski definition) is 1. The average Bonchev–Trinajstić information content (AvgIpc) is 3.20. The minimum atomic E-state index is -0.242. The number of hydrogen-bond acceptors (Lipinski definition) is 6. The molecule has 7 heteroatoms. The van der Waals surface area contributed by atoms with Crippen molar-refractivity contribution < 1.29 is 4.79 Å². The number of nitrogens with zero attached hydrogens (tertiary/aromatic N) is 4. The van der Waals surface area contributed by atoms with Crippen molar-refractivity contribution in [2.24, 2.45) is 0 Å². The van der Waals surface area contributed by atoms with Crippen molar-refractivity contribution in [3.63, 3.8) is 0 Å². The highest BCUT2D eigenvalue weighted by Crippen LogP contribution is 2.41. The summed E-state index contributed by atoms with van der Waals surface area (Å²) in [6, 6.07) is 18.4. The van der Waals surface area contributed by atoms with Gasteiger partial charge in [0.2, 0.25) is 11.1 Å². The van der Waals surface area contributed by atoms with E-state index in [0.717, 1.165) is 41.1 Å². The molecule has 1 unspecified atom stereocenters. The molecule has 0 bridgehead atoms. The maximum absolute atomic E-state index is 12.9. The molecule has 1 aliphatic heterocycles. The third-order valence-corrected chi connectivity index (χ3v) is 6.69. The van der Waals surface area contributed by atoms with Crippen LogP contribution in [-0.2, 0) is 10.5 Å². The molecule has 0 fully saturated rings. The van der Waals surface area contributed by atoms with E-state index in [1.807, 2.05) is 37.0 Å². The Bertz CT molecular complexity index is 1130. The first kappa shape index (κ1) is 19.9. The Kier molecular flexibility index (Phi) is 5.28. The van der Waals surface area contributed by atoms with E-state index in [1.165, 1.54) is 5.56 Å². The molecule has 1 atom stereocenters. The summed E-state index contributed by atoms with van der Waals surface area (Å²) < 4.78 is 1.89. The van der Waals surface area contributed by atoms with E-state index in [-0.39, 0.29) is 11.8 Å². The average molecular weight is 432 g/mol. The molecule has 6 nitrogen and oxygen atoms in total. The Morgan fingerprint density at radius 2 is 1.87 bits per heavy atom. The maximum atomic E-state index is 12.9.